The van der Waals surface area contributed by atoms with Crippen molar-refractivity contribution in [3.05, 3.63) is 95.3 Å². The Morgan fingerprint density at radius 2 is 1.53 bits per heavy atom. The SMILES string of the molecule is CCc1ccccc1NC(=O)c1ccc(N(Cc2ccccc2F)S(C)(=O)=O)cc1. The maximum absolute atomic E-state index is 14.0. The third kappa shape index (κ3) is 5.04. The minimum absolute atomic E-state index is 0.138. The lowest BCUT2D eigenvalue weighted by atomic mass is 10.1. The highest BCUT2D eigenvalue weighted by molar-refractivity contribution is 7.92. The summed E-state index contributed by atoms with van der Waals surface area (Å²) in [4.78, 5) is 12.6. The van der Waals surface area contributed by atoms with Gasteiger partial charge in [0, 0.05) is 16.8 Å². The van der Waals surface area contributed by atoms with Crippen LogP contribution in [0.15, 0.2) is 72.8 Å². The number of hydrogen-bond donors (Lipinski definition) is 1. The molecule has 3 rings (SSSR count). The summed E-state index contributed by atoms with van der Waals surface area (Å²) < 4.78 is 39.7. The molecular formula is C23H23FN2O3S. The van der Waals surface area contributed by atoms with Gasteiger partial charge < -0.3 is 5.32 Å². The molecule has 0 bridgehead atoms. The molecule has 156 valence electrons. The van der Waals surface area contributed by atoms with Crippen LogP contribution >= 0.6 is 0 Å². The van der Waals surface area contributed by atoms with Crippen LogP contribution in [0.3, 0.4) is 0 Å². The quantitative estimate of drug-likeness (QED) is 0.600. The molecule has 3 aromatic rings. The van der Waals surface area contributed by atoms with Gasteiger partial charge in [-0.1, -0.05) is 43.3 Å². The number of carbonyl (C=O) groups is 1. The van der Waals surface area contributed by atoms with Crippen molar-refractivity contribution in [2.45, 2.75) is 19.9 Å². The van der Waals surface area contributed by atoms with E-state index in [-0.39, 0.29) is 18.0 Å². The van der Waals surface area contributed by atoms with E-state index in [0.29, 0.717) is 11.3 Å². The largest absolute Gasteiger partial charge is 0.322 e. The van der Waals surface area contributed by atoms with E-state index in [0.717, 1.165) is 28.2 Å². The molecule has 0 aromatic heterocycles. The van der Waals surface area contributed by atoms with Gasteiger partial charge in [0.15, 0.2) is 0 Å². The van der Waals surface area contributed by atoms with Crippen LogP contribution in [-0.2, 0) is 23.0 Å². The molecule has 0 saturated heterocycles. The summed E-state index contributed by atoms with van der Waals surface area (Å²) >= 11 is 0. The number of anilines is 2. The molecule has 0 radical (unpaired) electrons. The van der Waals surface area contributed by atoms with E-state index >= 15 is 0 Å². The minimum Gasteiger partial charge on any atom is -0.322 e. The molecule has 0 atom stereocenters. The first-order valence-corrected chi connectivity index (χ1v) is 11.3. The van der Waals surface area contributed by atoms with Crippen molar-refractivity contribution >= 4 is 27.3 Å². The van der Waals surface area contributed by atoms with Crippen LogP contribution < -0.4 is 9.62 Å². The fraction of sp³-hybridized carbons (Fsp3) is 0.174. The number of halogens is 1. The first-order valence-electron chi connectivity index (χ1n) is 9.50. The highest BCUT2D eigenvalue weighted by Gasteiger charge is 2.20. The lowest BCUT2D eigenvalue weighted by molar-refractivity contribution is 0.102. The van der Waals surface area contributed by atoms with E-state index < -0.39 is 15.8 Å². The number of rotatable bonds is 7. The summed E-state index contributed by atoms with van der Waals surface area (Å²) in [6, 6.07) is 19.8. The highest BCUT2D eigenvalue weighted by Crippen LogP contribution is 2.23. The van der Waals surface area contributed by atoms with E-state index in [2.05, 4.69) is 5.32 Å². The van der Waals surface area contributed by atoms with Gasteiger partial charge in [-0.15, -0.1) is 0 Å². The number of amides is 1. The average molecular weight is 427 g/mol. The van der Waals surface area contributed by atoms with Gasteiger partial charge >= 0.3 is 0 Å². The van der Waals surface area contributed by atoms with Crippen LogP contribution in [0.25, 0.3) is 0 Å². The van der Waals surface area contributed by atoms with Gasteiger partial charge in [-0.3, -0.25) is 9.10 Å². The van der Waals surface area contributed by atoms with Crippen LogP contribution in [0.4, 0.5) is 15.8 Å². The highest BCUT2D eigenvalue weighted by atomic mass is 32.2. The zero-order valence-corrected chi connectivity index (χ0v) is 17.6. The normalized spacial score (nSPS) is 11.2. The Morgan fingerprint density at radius 1 is 0.933 bits per heavy atom. The lowest BCUT2D eigenvalue weighted by Gasteiger charge is -2.23. The van der Waals surface area contributed by atoms with Gasteiger partial charge in [0.25, 0.3) is 5.91 Å². The van der Waals surface area contributed by atoms with E-state index in [4.69, 9.17) is 0 Å². The number of hydrogen-bond acceptors (Lipinski definition) is 3. The number of carbonyl (C=O) groups excluding carboxylic acids is 1. The molecule has 1 N–H and O–H groups in total. The molecule has 0 spiro atoms. The van der Waals surface area contributed by atoms with Crippen LogP contribution in [0.1, 0.15) is 28.4 Å². The third-order valence-corrected chi connectivity index (χ3v) is 5.88. The first-order chi connectivity index (χ1) is 14.3. The van der Waals surface area contributed by atoms with E-state index in [9.17, 15) is 17.6 Å². The standard InChI is InChI=1S/C23H23FN2O3S/c1-3-17-8-5-7-11-22(17)25-23(27)18-12-14-20(15-13-18)26(30(2,28)29)16-19-9-4-6-10-21(19)24/h4-15H,3,16H2,1-2H3,(H,25,27). The molecule has 0 aliphatic heterocycles. The Morgan fingerprint density at radius 3 is 2.13 bits per heavy atom. The van der Waals surface area contributed by atoms with Crippen molar-refractivity contribution < 1.29 is 17.6 Å². The summed E-state index contributed by atoms with van der Waals surface area (Å²) in [5.41, 5.74) is 2.78. The number of benzene rings is 3. The Balaban J connectivity index is 1.83. The monoisotopic (exact) mass is 426 g/mol. The zero-order chi connectivity index (χ0) is 21.7. The summed E-state index contributed by atoms with van der Waals surface area (Å²) in [6.07, 6.45) is 1.85. The molecule has 0 fully saturated rings. The number of nitrogens with one attached hydrogen (secondary N) is 1. The van der Waals surface area contributed by atoms with Crippen molar-refractivity contribution in [1.82, 2.24) is 0 Å². The Hall–Kier alpha value is -3.19. The average Bonchev–Trinajstić information content (AvgIpc) is 2.73. The van der Waals surface area contributed by atoms with Crippen molar-refractivity contribution in [2.75, 3.05) is 15.9 Å². The molecule has 1 amide bonds. The van der Waals surface area contributed by atoms with Crippen LogP contribution in [-0.4, -0.2) is 20.6 Å². The fourth-order valence-corrected chi connectivity index (χ4v) is 3.98. The van der Waals surface area contributed by atoms with E-state index in [1.165, 1.54) is 6.07 Å². The molecule has 3 aromatic carbocycles. The molecule has 0 unspecified atom stereocenters. The van der Waals surface area contributed by atoms with Crippen LogP contribution in [0.5, 0.6) is 0 Å². The third-order valence-electron chi connectivity index (χ3n) is 4.74. The Bertz CT molecular complexity index is 1150. The molecule has 0 aliphatic rings. The Labute approximate surface area is 176 Å². The van der Waals surface area contributed by atoms with Crippen LogP contribution in [0.2, 0.25) is 0 Å². The van der Waals surface area contributed by atoms with Crippen molar-refractivity contribution in [1.29, 1.82) is 0 Å². The fourth-order valence-electron chi connectivity index (χ4n) is 3.11. The predicted molar refractivity (Wildman–Crippen MR) is 118 cm³/mol. The van der Waals surface area contributed by atoms with Crippen LogP contribution in [0, 0.1) is 5.82 Å². The number of aryl methyl sites for hydroxylation is 1. The predicted octanol–water partition coefficient (Wildman–Crippen LogP) is 4.61. The van der Waals surface area contributed by atoms with Gasteiger partial charge in [-0.2, -0.15) is 0 Å². The molecule has 7 heteroatoms. The summed E-state index contributed by atoms with van der Waals surface area (Å²) in [5, 5.41) is 2.88. The second kappa shape index (κ2) is 9.09. The van der Waals surface area contributed by atoms with Crippen molar-refractivity contribution in [3.8, 4) is 0 Å². The Kier molecular flexibility index (Phi) is 6.52. The number of sulfonamides is 1. The molecule has 0 aliphatic carbocycles. The summed E-state index contributed by atoms with van der Waals surface area (Å²) in [7, 11) is -3.66. The van der Waals surface area contributed by atoms with E-state index in [1.54, 1.807) is 42.5 Å². The summed E-state index contributed by atoms with van der Waals surface area (Å²) in [5.74, 6) is -0.765. The molecule has 5 nitrogen and oxygen atoms in total. The second-order valence-corrected chi connectivity index (χ2v) is 8.78. The first kappa shape index (κ1) is 21.5. The van der Waals surface area contributed by atoms with Gasteiger partial charge in [0.2, 0.25) is 10.0 Å². The minimum atomic E-state index is -3.66. The lowest BCUT2D eigenvalue weighted by Crippen LogP contribution is -2.29. The van der Waals surface area contributed by atoms with Crippen molar-refractivity contribution in [3.63, 3.8) is 0 Å². The molecule has 30 heavy (non-hydrogen) atoms. The van der Waals surface area contributed by atoms with Gasteiger partial charge in [-0.25, -0.2) is 12.8 Å². The van der Waals surface area contributed by atoms with Gasteiger partial charge in [0.1, 0.15) is 5.82 Å². The number of para-hydroxylation sites is 1. The van der Waals surface area contributed by atoms with Gasteiger partial charge in [-0.05, 0) is 48.4 Å². The van der Waals surface area contributed by atoms with Gasteiger partial charge in [0.05, 0.1) is 18.5 Å². The van der Waals surface area contributed by atoms with Crippen molar-refractivity contribution in [2.24, 2.45) is 0 Å². The maximum atomic E-state index is 14.0. The second-order valence-electron chi connectivity index (χ2n) is 6.87. The molecular weight excluding hydrogens is 403 g/mol. The number of nitrogens with zero attached hydrogens (tertiary/aromatic N) is 1. The zero-order valence-electron chi connectivity index (χ0n) is 16.8. The maximum Gasteiger partial charge on any atom is 0.255 e. The molecule has 0 saturated carbocycles. The topological polar surface area (TPSA) is 66.5 Å². The summed E-state index contributed by atoms with van der Waals surface area (Å²) in [6.45, 7) is 1.87. The molecule has 0 heterocycles. The van der Waals surface area contributed by atoms with E-state index in [1.807, 2.05) is 31.2 Å². The smallest absolute Gasteiger partial charge is 0.255 e.